The van der Waals surface area contributed by atoms with Crippen molar-refractivity contribution < 1.29 is 14.7 Å². The first-order chi connectivity index (χ1) is 10.5. The van der Waals surface area contributed by atoms with Gasteiger partial charge in [0.05, 0.1) is 23.6 Å². The van der Waals surface area contributed by atoms with Gasteiger partial charge in [0.15, 0.2) is 0 Å². The van der Waals surface area contributed by atoms with Crippen LogP contribution in [0.25, 0.3) is 0 Å². The summed E-state index contributed by atoms with van der Waals surface area (Å²) in [6.07, 6.45) is 0.718. The Bertz CT molecular complexity index is 655. The van der Waals surface area contributed by atoms with Gasteiger partial charge in [0, 0.05) is 0 Å². The zero-order valence-electron chi connectivity index (χ0n) is 12.4. The minimum Gasteiger partial charge on any atom is -0.480 e. The molecule has 0 bridgehead atoms. The summed E-state index contributed by atoms with van der Waals surface area (Å²) in [5.74, 6) is -1.32. The van der Waals surface area contributed by atoms with Crippen molar-refractivity contribution in [3.05, 3.63) is 18.2 Å². The van der Waals surface area contributed by atoms with Crippen molar-refractivity contribution in [3.63, 3.8) is 0 Å². The van der Waals surface area contributed by atoms with Crippen LogP contribution in [-0.2, 0) is 20.9 Å². The topological polar surface area (TPSA) is 103 Å². The Morgan fingerprint density at radius 1 is 1.36 bits per heavy atom. The van der Waals surface area contributed by atoms with E-state index in [9.17, 15) is 14.7 Å². The van der Waals surface area contributed by atoms with Gasteiger partial charge >= 0.3 is 5.97 Å². The number of amides is 1. The van der Waals surface area contributed by atoms with Crippen LogP contribution in [0.3, 0.4) is 0 Å². The van der Waals surface area contributed by atoms with E-state index in [2.05, 4.69) is 19.4 Å². The third-order valence-electron chi connectivity index (χ3n) is 3.52. The van der Waals surface area contributed by atoms with E-state index >= 15 is 0 Å². The summed E-state index contributed by atoms with van der Waals surface area (Å²) in [7, 11) is 0. The van der Waals surface area contributed by atoms with Crippen LogP contribution in [0.4, 0.5) is 17.1 Å². The number of hydrogen-bond donors (Lipinski definition) is 3. The molecule has 7 nitrogen and oxygen atoms in total. The zero-order valence-corrected chi connectivity index (χ0v) is 13.2. The summed E-state index contributed by atoms with van der Waals surface area (Å²) in [6.45, 7) is 3.68. The molecule has 0 aromatic heterocycles. The van der Waals surface area contributed by atoms with Crippen LogP contribution >= 0.6 is 0 Å². The van der Waals surface area contributed by atoms with E-state index in [-0.39, 0.29) is 18.4 Å². The molecule has 1 amide bonds. The number of anilines is 1. The van der Waals surface area contributed by atoms with Crippen LogP contribution in [-0.4, -0.2) is 29.6 Å². The lowest BCUT2D eigenvalue weighted by Gasteiger charge is -2.20. The van der Waals surface area contributed by atoms with Crippen molar-refractivity contribution in [2.75, 3.05) is 11.9 Å². The number of fused-ring (bicyclic) bond motifs is 1. The lowest BCUT2D eigenvalue weighted by atomic mass is 9.99. The molecule has 1 heterocycles. The van der Waals surface area contributed by atoms with E-state index in [4.69, 9.17) is 0 Å². The van der Waals surface area contributed by atoms with Crippen molar-refractivity contribution in [2.45, 2.75) is 26.3 Å². The SMILES string of the molecule is CC[C@H](C)[C@H](NCC(=O)Nc1cccc2c1N=S=N2)C(=O)O. The molecule has 0 spiro atoms. The van der Waals surface area contributed by atoms with Gasteiger partial charge in [-0.1, -0.05) is 26.3 Å². The van der Waals surface area contributed by atoms with Crippen LogP contribution in [0.2, 0.25) is 0 Å². The third-order valence-corrected chi connectivity index (χ3v) is 4.06. The monoisotopic (exact) mass is 322 g/mol. The van der Waals surface area contributed by atoms with Crippen LogP contribution < -0.4 is 10.6 Å². The molecule has 22 heavy (non-hydrogen) atoms. The fourth-order valence-electron chi connectivity index (χ4n) is 2.07. The summed E-state index contributed by atoms with van der Waals surface area (Å²) >= 11 is 1.08. The van der Waals surface area contributed by atoms with Gasteiger partial charge in [0.25, 0.3) is 0 Å². The van der Waals surface area contributed by atoms with Crippen LogP contribution in [0.15, 0.2) is 26.9 Å². The minimum absolute atomic E-state index is 0.0588. The Morgan fingerprint density at radius 3 is 2.82 bits per heavy atom. The highest BCUT2D eigenvalue weighted by atomic mass is 32.1. The minimum atomic E-state index is -0.951. The van der Waals surface area contributed by atoms with Crippen molar-refractivity contribution in [3.8, 4) is 0 Å². The highest BCUT2D eigenvalue weighted by Crippen LogP contribution is 2.38. The molecule has 1 aliphatic heterocycles. The molecule has 0 radical (unpaired) electrons. The molecule has 0 fully saturated rings. The Morgan fingerprint density at radius 2 is 2.14 bits per heavy atom. The van der Waals surface area contributed by atoms with Gasteiger partial charge in [-0.2, -0.15) is 8.73 Å². The summed E-state index contributed by atoms with van der Waals surface area (Å²) in [5.41, 5.74) is 1.94. The average Bonchev–Trinajstić information content (AvgIpc) is 2.96. The van der Waals surface area contributed by atoms with Crippen LogP contribution in [0.1, 0.15) is 20.3 Å². The van der Waals surface area contributed by atoms with Crippen molar-refractivity contribution in [2.24, 2.45) is 14.6 Å². The molecule has 0 saturated carbocycles. The Balaban J connectivity index is 1.95. The summed E-state index contributed by atoms with van der Waals surface area (Å²) in [6, 6.07) is 4.60. The quantitative estimate of drug-likeness (QED) is 0.728. The van der Waals surface area contributed by atoms with Gasteiger partial charge in [-0.3, -0.25) is 14.9 Å². The predicted molar refractivity (Wildman–Crippen MR) is 85.5 cm³/mol. The molecule has 0 aliphatic carbocycles. The summed E-state index contributed by atoms with van der Waals surface area (Å²) in [5, 5.41) is 14.7. The number of carboxylic acid groups (broad SMARTS) is 1. The van der Waals surface area contributed by atoms with Crippen molar-refractivity contribution in [1.29, 1.82) is 0 Å². The highest BCUT2D eigenvalue weighted by molar-refractivity contribution is 7.58. The number of nitrogens with one attached hydrogen (secondary N) is 2. The second-order valence-electron chi connectivity index (χ2n) is 5.07. The normalized spacial score (nSPS) is 14.8. The molecule has 3 N–H and O–H groups in total. The van der Waals surface area contributed by atoms with Crippen molar-refractivity contribution in [1.82, 2.24) is 5.32 Å². The number of rotatable bonds is 7. The first-order valence-corrected chi connectivity index (χ1v) is 7.73. The van der Waals surface area contributed by atoms with E-state index < -0.39 is 12.0 Å². The lowest BCUT2D eigenvalue weighted by molar-refractivity contribution is -0.140. The van der Waals surface area contributed by atoms with E-state index in [1.165, 1.54) is 0 Å². The maximum absolute atomic E-state index is 12.0. The molecule has 1 aromatic carbocycles. The number of carboxylic acids is 1. The molecule has 0 unspecified atom stereocenters. The maximum atomic E-state index is 12.0. The fourth-order valence-corrected chi connectivity index (χ4v) is 2.62. The smallest absolute Gasteiger partial charge is 0.320 e. The van der Waals surface area contributed by atoms with Gasteiger partial charge < -0.3 is 10.4 Å². The average molecular weight is 322 g/mol. The van der Waals surface area contributed by atoms with E-state index in [0.29, 0.717) is 11.4 Å². The second kappa shape index (κ2) is 7.28. The molecule has 8 heteroatoms. The Labute approximate surface area is 132 Å². The molecule has 0 saturated heterocycles. The van der Waals surface area contributed by atoms with Crippen LogP contribution in [0, 0.1) is 5.92 Å². The van der Waals surface area contributed by atoms with Gasteiger partial charge in [0.2, 0.25) is 5.91 Å². The maximum Gasteiger partial charge on any atom is 0.320 e. The predicted octanol–water partition coefficient (Wildman–Crippen LogP) is 2.44. The standard InChI is InChI=1S/C14H18N4O3S/c1-3-8(2)12(14(20)21)15-7-11(19)16-9-5-4-6-10-13(9)18-22-17-10/h4-6,8,12,15H,3,7H2,1-2H3,(H,16,19)(H,20,21)/t8-,12-/m0/s1. The molecule has 2 atom stereocenters. The molecule has 118 valence electrons. The van der Waals surface area contributed by atoms with Gasteiger partial charge in [-0.25, -0.2) is 0 Å². The molecule has 1 aromatic rings. The highest BCUT2D eigenvalue weighted by Gasteiger charge is 2.23. The lowest BCUT2D eigenvalue weighted by Crippen LogP contribution is -2.45. The van der Waals surface area contributed by atoms with Gasteiger partial charge in [-0.15, -0.1) is 0 Å². The molecular formula is C14H18N4O3S. The second-order valence-corrected chi connectivity index (χ2v) is 5.60. The zero-order chi connectivity index (χ0) is 16.1. The van der Waals surface area contributed by atoms with E-state index in [1.54, 1.807) is 12.1 Å². The van der Waals surface area contributed by atoms with E-state index in [0.717, 1.165) is 23.5 Å². The van der Waals surface area contributed by atoms with Crippen molar-refractivity contribution >= 4 is 40.3 Å². The molecular weight excluding hydrogens is 304 g/mol. The number of nitrogens with zero attached hydrogens (tertiary/aromatic N) is 2. The van der Waals surface area contributed by atoms with Gasteiger partial charge in [0.1, 0.15) is 17.4 Å². The van der Waals surface area contributed by atoms with Crippen LogP contribution in [0.5, 0.6) is 0 Å². The Hall–Kier alpha value is -2.06. The molecule has 2 rings (SSSR count). The number of carbonyl (C=O) groups is 2. The number of aliphatic carboxylic acids is 1. The summed E-state index contributed by atoms with van der Waals surface area (Å²) in [4.78, 5) is 23.2. The number of benzene rings is 1. The first kappa shape index (κ1) is 16.3. The van der Waals surface area contributed by atoms with E-state index in [1.807, 2.05) is 19.9 Å². The Kier molecular flexibility index (Phi) is 5.40. The number of carbonyl (C=O) groups excluding carboxylic acids is 1. The van der Waals surface area contributed by atoms with Gasteiger partial charge in [-0.05, 0) is 18.1 Å². The number of hydrogen-bond acceptors (Lipinski definition) is 5. The molecule has 1 aliphatic rings. The largest absolute Gasteiger partial charge is 0.480 e. The third kappa shape index (κ3) is 3.77. The fraction of sp³-hybridized carbons (Fsp3) is 0.429. The first-order valence-electron chi connectivity index (χ1n) is 7.00. The summed E-state index contributed by atoms with van der Waals surface area (Å²) < 4.78 is 8.24.